The maximum absolute atomic E-state index is 12.2. The maximum atomic E-state index is 12.2. The van der Waals surface area contributed by atoms with E-state index in [0.29, 0.717) is 12.2 Å². The highest BCUT2D eigenvalue weighted by molar-refractivity contribution is 6.05. The van der Waals surface area contributed by atoms with Gasteiger partial charge in [-0.25, -0.2) is 4.79 Å². The summed E-state index contributed by atoms with van der Waals surface area (Å²) in [5.74, 6) is -0.859. The zero-order chi connectivity index (χ0) is 15.2. The van der Waals surface area contributed by atoms with Gasteiger partial charge in [-0.1, -0.05) is 25.1 Å². The Morgan fingerprint density at radius 3 is 2.81 bits per heavy atom. The summed E-state index contributed by atoms with van der Waals surface area (Å²) in [6, 6.07) is 5.90. The SMILES string of the molecule is CCNCc1ccccc1NC(=O)[C@@H]1CC(=O)NC(=O)N1. The highest BCUT2D eigenvalue weighted by atomic mass is 16.2. The fraction of sp³-hybridized carbons (Fsp3) is 0.357. The lowest BCUT2D eigenvalue weighted by Gasteiger charge is -2.22. The van der Waals surface area contributed by atoms with Crippen molar-refractivity contribution in [2.24, 2.45) is 0 Å². The lowest BCUT2D eigenvalue weighted by atomic mass is 10.1. The number of rotatable bonds is 5. The van der Waals surface area contributed by atoms with Gasteiger partial charge in [-0.05, 0) is 18.2 Å². The average Bonchev–Trinajstić information content (AvgIpc) is 2.45. The van der Waals surface area contributed by atoms with Gasteiger partial charge in [0.05, 0.1) is 6.42 Å². The molecule has 0 spiro atoms. The largest absolute Gasteiger partial charge is 0.325 e. The van der Waals surface area contributed by atoms with Crippen molar-refractivity contribution in [1.29, 1.82) is 0 Å². The van der Waals surface area contributed by atoms with E-state index in [-0.39, 0.29) is 6.42 Å². The molecule has 7 nitrogen and oxygen atoms in total. The van der Waals surface area contributed by atoms with E-state index in [9.17, 15) is 14.4 Å². The third-order valence-electron chi connectivity index (χ3n) is 3.10. The molecule has 0 unspecified atom stereocenters. The second-order valence-corrected chi connectivity index (χ2v) is 4.71. The zero-order valence-corrected chi connectivity index (χ0v) is 11.7. The molecule has 1 aromatic carbocycles. The number of hydrogen-bond acceptors (Lipinski definition) is 4. The van der Waals surface area contributed by atoms with Gasteiger partial charge in [0.15, 0.2) is 0 Å². The van der Waals surface area contributed by atoms with Crippen LogP contribution in [0.2, 0.25) is 0 Å². The molecular weight excluding hydrogens is 272 g/mol. The smallest absolute Gasteiger partial charge is 0.322 e. The van der Waals surface area contributed by atoms with Crippen molar-refractivity contribution in [1.82, 2.24) is 16.0 Å². The summed E-state index contributed by atoms with van der Waals surface area (Å²) in [5.41, 5.74) is 1.61. The van der Waals surface area contributed by atoms with Crippen LogP contribution in [-0.2, 0) is 16.1 Å². The van der Waals surface area contributed by atoms with Gasteiger partial charge in [0.2, 0.25) is 11.8 Å². The second-order valence-electron chi connectivity index (χ2n) is 4.71. The van der Waals surface area contributed by atoms with E-state index in [1.54, 1.807) is 6.07 Å². The minimum absolute atomic E-state index is 0.0625. The van der Waals surface area contributed by atoms with Gasteiger partial charge in [-0.2, -0.15) is 0 Å². The van der Waals surface area contributed by atoms with Gasteiger partial charge >= 0.3 is 6.03 Å². The molecule has 1 aliphatic heterocycles. The number of para-hydroxylation sites is 1. The van der Waals surface area contributed by atoms with Crippen LogP contribution in [0.25, 0.3) is 0 Å². The van der Waals surface area contributed by atoms with Crippen LogP contribution in [0.5, 0.6) is 0 Å². The monoisotopic (exact) mass is 290 g/mol. The van der Waals surface area contributed by atoms with Gasteiger partial charge < -0.3 is 16.0 Å². The van der Waals surface area contributed by atoms with E-state index < -0.39 is 23.9 Å². The lowest BCUT2D eigenvalue weighted by molar-refractivity contribution is -0.126. The molecule has 21 heavy (non-hydrogen) atoms. The van der Waals surface area contributed by atoms with Crippen molar-refractivity contribution >= 4 is 23.5 Å². The van der Waals surface area contributed by atoms with E-state index in [2.05, 4.69) is 21.3 Å². The fourth-order valence-electron chi connectivity index (χ4n) is 2.04. The van der Waals surface area contributed by atoms with Crippen LogP contribution in [0.1, 0.15) is 18.9 Å². The summed E-state index contributed by atoms with van der Waals surface area (Å²) in [4.78, 5) is 34.7. The van der Waals surface area contributed by atoms with E-state index in [1.807, 2.05) is 25.1 Å². The number of urea groups is 1. The highest BCUT2D eigenvalue weighted by Crippen LogP contribution is 2.15. The number of carbonyl (C=O) groups excluding carboxylic acids is 3. The van der Waals surface area contributed by atoms with Crippen molar-refractivity contribution < 1.29 is 14.4 Å². The number of hydrogen-bond donors (Lipinski definition) is 4. The first-order valence-corrected chi connectivity index (χ1v) is 6.80. The quantitative estimate of drug-likeness (QED) is 0.628. The molecule has 1 heterocycles. The van der Waals surface area contributed by atoms with Crippen LogP contribution < -0.4 is 21.3 Å². The maximum Gasteiger partial charge on any atom is 0.322 e. The standard InChI is InChI=1S/C14H18N4O3/c1-2-15-8-9-5-3-4-6-10(9)16-13(20)11-7-12(19)18-14(21)17-11/h3-6,11,15H,2,7-8H2,1H3,(H,16,20)(H2,17,18,19,21)/t11-/m0/s1. The van der Waals surface area contributed by atoms with E-state index in [0.717, 1.165) is 12.1 Å². The highest BCUT2D eigenvalue weighted by Gasteiger charge is 2.29. The molecular formula is C14H18N4O3. The third kappa shape index (κ3) is 4.03. The van der Waals surface area contributed by atoms with Crippen molar-refractivity contribution in [3.63, 3.8) is 0 Å². The van der Waals surface area contributed by atoms with Crippen molar-refractivity contribution in [2.75, 3.05) is 11.9 Å². The first-order valence-electron chi connectivity index (χ1n) is 6.80. The Morgan fingerprint density at radius 1 is 1.33 bits per heavy atom. The molecule has 0 radical (unpaired) electrons. The topological polar surface area (TPSA) is 99.3 Å². The van der Waals surface area contributed by atoms with Crippen LogP contribution in [0.15, 0.2) is 24.3 Å². The van der Waals surface area contributed by atoms with Gasteiger partial charge in [-0.15, -0.1) is 0 Å². The molecule has 4 amide bonds. The van der Waals surface area contributed by atoms with Gasteiger partial charge in [0.1, 0.15) is 6.04 Å². The molecule has 1 aliphatic rings. The summed E-state index contributed by atoms with van der Waals surface area (Å²) in [6.07, 6.45) is -0.0625. The number of anilines is 1. The molecule has 1 aromatic rings. The van der Waals surface area contributed by atoms with Crippen molar-refractivity contribution in [2.45, 2.75) is 25.9 Å². The average molecular weight is 290 g/mol. The molecule has 4 N–H and O–H groups in total. The first kappa shape index (κ1) is 15.0. The third-order valence-corrected chi connectivity index (χ3v) is 3.10. The van der Waals surface area contributed by atoms with Crippen LogP contribution in [0.3, 0.4) is 0 Å². The summed E-state index contributed by atoms with van der Waals surface area (Å²) in [6.45, 7) is 3.45. The van der Waals surface area contributed by atoms with Gasteiger partial charge in [0, 0.05) is 12.2 Å². The minimum Gasteiger partial charge on any atom is -0.325 e. The number of imide groups is 1. The number of nitrogens with one attached hydrogen (secondary N) is 4. The Kier molecular flexibility index (Phi) is 4.89. The van der Waals surface area contributed by atoms with Gasteiger partial charge in [0.25, 0.3) is 0 Å². The molecule has 0 saturated carbocycles. The lowest BCUT2D eigenvalue weighted by Crippen LogP contribution is -2.56. The fourth-order valence-corrected chi connectivity index (χ4v) is 2.04. The van der Waals surface area contributed by atoms with Crippen LogP contribution >= 0.6 is 0 Å². The van der Waals surface area contributed by atoms with Crippen LogP contribution in [0.4, 0.5) is 10.5 Å². The number of amides is 4. The van der Waals surface area contributed by atoms with Crippen LogP contribution in [-0.4, -0.2) is 30.4 Å². The summed E-state index contributed by atoms with van der Waals surface area (Å²) < 4.78 is 0. The number of carbonyl (C=O) groups is 3. The molecule has 0 aliphatic carbocycles. The van der Waals surface area contributed by atoms with E-state index >= 15 is 0 Å². The predicted octanol–water partition coefficient (Wildman–Crippen LogP) is 0.333. The summed E-state index contributed by atoms with van der Waals surface area (Å²) in [7, 11) is 0. The van der Waals surface area contributed by atoms with Crippen molar-refractivity contribution in [3.05, 3.63) is 29.8 Å². The molecule has 112 valence electrons. The Hall–Kier alpha value is -2.41. The number of benzene rings is 1. The van der Waals surface area contributed by atoms with Gasteiger partial charge in [-0.3, -0.25) is 14.9 Å². The Labute approximate surface area is 122 Å². The first-order chi connectivity index (χ1) is 10.1. The summed E-state index contributed by atoms with van der Waals surface area (Å²) >= 11 is 0. The van der Waals surface area contributed by atoms with E-state index in [4.69, 9.17) is 0 Å². The molecule has 1 saturated heterocycles. The minimum atomic E-state index is -0.849. The molecule has 2 rings (SSSR count). The molecule has 0 bridgehead atoms. The molecule has 7 heteroatoms. The van der Waals surface area contributed by atoms with Crippen molar-refractivity contribution in [3.8, 4) is 0 Å². The normalized spacial score (nSPS) is 17.9. The Bertz CT molecular complexity index is 543. The Morgan fingerprint density at radius 2 is 2.10 bits per heavy atom. The zero-order valence-electron chi connectivity index (χ0n) is 11.7. The predicted molar refractivity (Wildman–Crippen MR) is 77.5 cm³/mol. The Balaban J connectivity index is 2.05. The molecule has 1 fully saturated rings. The summed E-state index contributed by atoms with van der Waals surface area (Å²) in [5, 5.41) is 10.5. The molecule has 1 atom stereocenters. The van der Waals surface area contributed by atoms with E-state index in [1.165, 1.54) is 0 Å². The second kappa shape index (κ2) is 6.85. The molecule has 0 aromatic heterocycles. The van der Waals surface area contributed by atoms with Crippen LogP contribution in [0, 0.1) is 0 Å².